The number of nitrogens with one attached hydrogen (secondary N) is 2. The number of aliphatic carboxylic acids is 1. The summed E-state index contributed by atoms with van der Waals surface area (Å²) in [6.07, 6.45) is -2.08. The van der Waals surface area contributed by atoms with Gasteiger partial charge in [0, 0.05) is 20.2 Å². The van der Waals surface area contributed by atoms with Gasteiger partial charge in [0.1, 0.15) is 22.6 Å². The zero-order valence-corrected chi connectivity index (χ0v) is 18.5. The van der Waals surface area contributed by atoms with Gasteiger partial charge < -0.3 is 26.0 Å². The number of amides is 2. The van der Waals surface area contributed by atoms with Gasteiger partial charge >= 0.3 is 5.97 Å². The van der Waals surface area contributed by atoms with Crippen LogP contribution in [0.25, 0.3) is 20.2 Å². The maximum absolute atomic E-state index is 12.7. The molecule has 0 saturated heterocycles. The Morgan fingerprint density at radius 1 is 0.706 bits per heavy atom. The second-order valence-electron chi connectivity index (χ2n) is 6.94. The summed E-state index contributed by atoms with van der Waals surface area (Å²) >= 11 is 1.36. The number of benzene rings is 2. The van der Waals surface area contributed by atoms with Crippen LogP contribution in [0.1, 0.15) is 20.7 Å². The number of carboxylic acids is 1. The first-order valence-corrected chi connectivity index (χ1v) is 11.2. The monoisotopic (exact) mass is 498 g/mol. The van der Waals surface area contributed by atoms with Gasteiger partial charge in [-0.2, -0.15) is 0 Å². The first-order chi connectivity index (χ1) is 16.2. The normalized spacial score (nSPS) is 11.0. The standard InChI is InChI=1S/C22H14N2O8S2/c25-15-9-5-1-3-7-11(9)33-21(31)13(15)18(27)23-17(20(29)30)24-19(28)14-16(26)10-6-2-4-8-12(10)34-22(14)32/h1-8,17,25-26H,(H,23,27)(H,24,28)(H,29,30). The minimum atomic E-state index is -2.08. The lowest BCUT2D eigenvalue weighted by Gasteiger charge is -2.17. The zero-order valence-electron chi connectivity index (χ0n) is 16.9. The molecule has 0 aliphatic rings. The summed E-state index contributed by atoms with van der Waals surface area (Å²) in [5, 5.41) is 34.7. The molecule has 0 unspecified atom stereocenters. The van der Waals surface area contributed by atoms with Crippen LogP contribution in [0.5, 0.6) is 11.5 Å². The third kappa shape index (κ3) is 4.07. The minimum absolute atomic E-state index is 0.215. The summed E-state index contributed by atoms with van der Waals surface area (Å²) in [7, 11) is 0. The van der Waals surface area contributed by atoms with Crippen molar-refractivity contribution < 1.29 is 29.7 Å². The Kier molecular flexibility index (Phi) is 6.01. The summed E-state index contributed by atoms with van der Waals surface area (Å²) < 4.78 is -0.804. The largest absolute Gasteiger partial charge is 0.506 e. The summed E-state index contributed by atoms with van der Waals surface area (Å²) in [5.74, 6) is -5.48. The molecule has 0 bridgehead atoms. The van der Waals surface area contributed by atoms with Gasteiger partial charge in [-0.05, 0) is 24.3 Å². The number of carbonyl (C=O) groups is 3. The van der Waals surface area contributed by atoms with Crippen LogP contribution in [-0.4, -0.2) is 39.3 Å². The number of hydrogen-bond acceptors (Lipinski definition) is 9. The maximum Gasteiger partial charge on any atom is 0.347 e. The third-order valence-electron chi connectivity index (χ3n) is 4.82. The molecule has 0 aliphatic heterocycles. The van der Waals surface area contributed by atoms with E-state index in [2.05, 4.69) is 0 Å². The van der Waals surface area contributed by atoms with Crippen molar-refractivity contribution in [1.82, 2.24) is 10.6 Å². The summed E-state index contributed by atoms with van der Waals surface area (Å²) in [6, 6.07) is 12.5. The first kappa shape index (κ1) is 22.9. The number of hydrogen-bond donors (Lipinski definition) is 5. The van der Waals surface area contributed by atoms with Crippen molar-refractivity contribution in [3.05, 3.63) is 78.7 Å². The lowest BCUT2D eigenvalue weighted by molar-refractivity contribution is -0.139. The Balaban J connectivity index is 1.65. The van der Waals surface area contributed by atoms with E-state index in [9.17, 15) is 39.3 Å². The Morgan fingerprint density at radius 2 is 1.09 bits per heavy atom. The van der Waals surface area contributed by atoms with Crippen LogP contribution in [0, 0.1) is 0 Å². The van der Waals surface area contributed by atoms with E-state index in [1.165, 1.54) is 12.1 Å². The molecule has 10 nitrogen and oxygen atoms in total. The average Bonchev–Trinajstić information content (AvgIpc) is 2.78. The summed E-state index contributed by atoms with van der Waals surface area (Å²) in [4.78, 5) is 61.8. The van der Waals surface area contributed by atoms with Crippen molar-refractivity contribution in [2.24, 2.45) is 0 Å². The highest BCUT2D eigenvalue weighted by Crippen LogP contribution is 2.29. The molecule has 2 heterocycles. The highest BCUT2D eigenvalue weighted by atomic mass is 32.1. The fraction of sp³-hybridized carbons (Fsp3) is 0.0455. The topological polar surface area (TPSA) is 170 Å². The van der Waals surface area contributed by atoms with Gasteiger partial charge in [0.2, 0.25) is 15.7 Å². The van der Waals surface area contributed by atoms with Gasteiger partial charge in [-0.1, -0.05) is 46.9 Å². The lowest BCUT2D eigenvalue weighted by atomic mass is 10.1. The van der Waals surface area contributed by atoms with Crippen LogP contribution < -0.4 is 20.1 Å². The number of rotatable bonds is 5. The van der Waals surface area contributed by atoms with E-state index in [4.69, 9.17) is 0 Å². The fourth-order valence-corrected chi connectivity index (χ4v) is 5.06. The molecule has 12 heteroatoms. The Labute approximate surface area is 197 Å². The number of fused-ring (bicyclic) bond motifs is 2. The van der Waals surface area contributed by atoms with Crippen LogP contribution in [0.15, 0.2) is 58.1 Å². The van der Waals surface area contributed by atoms with Crippen LogP contribution in [0.4, 0.5) is 0 Å². The molecule has 2 aromatic carbocycles. The van der Waals surface area contributed by atoms with E-state index in [1.54, 1.807) is 36.4 Å². The van der Waals surface area contributed by atoms with Gasteiger partial charge in [0.25, 0.3) is 11.8 Å². The van der Waals surface area contributed by atoms with Crippen molar-refractivity contribution in [3.63, 3.8) is 0 Å². The van der Waals surface area contributed by atoms with Crippen LogP contribution in [-0.2, 0) is 4.79 Å². The molecule has 0 spiro atoms. The number of aromatic hydroxyl groups is 2. The number of carbonyl (C=O) groups excluding carboxylic acids is 2. The predicted octanol–water partition coefficient (Wildman–Crippen LogP) is 1.82. The van der Waals surface area contributed by atoms with E-state index in [0.29, 0.717) is 32.1 Å². The first-order valence-electron chi connectivity index (χ1n) is 9.53. The predicted molar refractivity (Wildman–Crippen MR) is 126 cm³/mol. The van der Waals surface area contributed by atoms with E-state index in [0.717, 1.165) is 0 Å². The molecule has 5 N–H and O–H groups in total. The maximum atomic E-state index is 12.7. The van der Waals surface area contributed by atoms with Gasteiger partial charge in [-0.25, -0.2) is 4.79 Å². The average molecular weight is 498 g/mol. The van der Waals surface area contributed by atoms with Crippen molar-refractivity contribution in [1.29, 1.82) is 0 Å². The molecule has 0 atom stereocenters. The molecule has 0 fully saturated rings. The van der Waals surface area contributed by atoms with Crippen LogP contribution >= 0.6 is 22.7 Å². The molecule has 0 aliphatic carbocycles. The Morgan fingerprint density at radius 3 is 1.47 bits per heavy atom. The van der Waals surface area contributed by atoms with Crippen molar-refractivity contribution in [2.45, 2.75) is 6.17 Å². The second kappa shape index (κ2) is 8.92. The molecule has 4 aromatic rings. The molecular formula is C22H14N2O8S2. The fourth-order valence-electron chi connectivity index (χ4n) is 3.23. The molecule has 0 radical (unpaired) electrons. The lowest BCUT2D eigenvalue weighted by Crippen LogP contribution is -2.53. The highest BCUT2D eigenvalue weighted by Gasteiger charge is 2.29. The van der Waals surface area contributed by atoms with E-state index >= 15 is 0 Å². The second-order valence-corrected chi connectivity index (χ2v) is 8.97. The molecule has 34 heavy (non-hydrogen) atoms. The molecule has 2 amide bonds. The van der Waals surface area contributed by atoms with E-state index in [-0.39, 0.29) is 10.8 Å². The SMILES string of the molecule is O=C(NC(NC(=O)c1c(O)c2ccccc2sc1=O)C(=O)O)c1c(O)c2ccccc2sc1=O. The Bertz CT molecular complexity index is 1500. The minimum Gasteiger partial charge on any atom is -0.506 e. The van der Waals surface area contributed by atoms with Gasteiger partial charge in [0.05, 0.1) is 0 Å². The molecule has 0 saturated carbocycles. The number of carboxylic acid groups (broad SMARTS) is 1. The smallest absolute Gasteiger partial charge is 0.347 e. The third-order valence-corrected chi connectivity index (χ3v) is 6.75. The van der Waals surface area contributed by atoms with E-state index in [1.807, 2.05) is 10.6 Å². The van der Waals surface area contributed by atoms with Gasteiger partial charge in [-0.15, -0.1) is 0 Å². The molecular weight excluding hydrogens is 484 g/mol. The highest BCUT2D eigenvalue weighted by molar-refractivity contribution is 7.16. The van der Waals surface area contributed by atoms with Gasteiger partial charge in [-0.3, -0.25) is 19.2 Å². The molecule has 172 valence electrons. The summed E-state index contributed by atoms with van der Waals surface area (Å²) in [6.45, 7) is 0. The zero-order chi connectivity index (χ0) is 24.6. The van der Waals surface area contributed by atoms with Crippen molar-refractivity contribution in [3.8, 4) is 11.5 Å². The Hall–Kier alpha value is -4.29. The van der Waals surface area contributed by atoms with Crippen LogP contribution in [0.3, 0.4) is 0 Å². The van der Waals surface area contributed by atoms with Crippen molar-refractivity contribution in [2.75, 3.05) is 0 Å². The van der Waals surface area contributed by atoms with Crippen LogP contribution in [0.2, 0.25) is 0 Å². The van der Waals surface area contributed by atoms with Gasteiger partial charge in [0.15, 0.2) is 0 Å². The van der Waals surface area contributed by atoms with E-state index < -0.39 is 56.1 Å². The van der Waals surface area contributed by atoms with Crippen molar-refractivity contribution >= 4 is 60.6 Å². The quantitative estimate of drug-likeness (QED) is 0.259. The molecule has 2 aromatic heterocycles. The summed E-state index contributed by atoms with van der Waals surface area (Å²) in [5.41, 5.74) is -1.38. The molecule has 4 rings (SSSR count).